The van der Waals surface area contributed by atoms with E-state index < -0.39 is 22.0 Å². The molecule has 1 aromatic carbocycles. The van der Waals surface area contributed by atoms with Gasteiger partial charge in [-0.3, -0.25) is 10.2 Å². The van der Waals surface area contributed by atoms with Gasteiger partial charge in [-0.2, -0.15) is 0 Å². The number of carbonyl (C=O) groups excluding carboxylic acids is 2. The minimum Gasteiger partial charge on any atom is -0.449 e. The molecule has 0 aliphatic heterocycles. The molecule has 0 heterocycles. The highest BCUT2D eigenvalue weighted by atomic mass is 32.2. The van der Waals surface area contributed by atoms with Crippen LogP contribution in [0.5, 0.6) is 0 Å². The minimum atomic E-state index is -3.55. The lowest BCUT2D eigenvalue weighted by atomic mass is 10.2. The Balaban J connectivity index is 2.69. The third kappa shape index (κ3) is 4.21. The molecule has 0 bridgehead atoms. The van der Waals surface area contributed by atoms with E-state index in [-0.39, 0.29) is 17.1 Å². The van der Waals surface area contributed by atoms with Crippen LogP contribution in [0.4, 0.5) is 4.79 Å². The van der Waals surface area contributed by atoms with Crippen molar-refractivity contribution < 1.29 is 22.7 Å². The van der Waals surface area contributed by atoms with E-state index >= 15 is 0 Å². The second kappa shape index (κ2) is 6.87. The average molecular weight is 301 g/mol. The second-order valence-electron chi connectivity index (χ2n) is 3.53. The molecule has 2 amide bonds. The van der Waals surface area contributed by atoms with Crippen LogP contribution < -0.4 is 15.6 Å². The summed E-state index contributed by atoms with van der Waals surface area (Å²) in [6.45, 7) is 1.81. The van der Waals surface area contributed by atoms with Gasteiger partial charge in [-0.05, 0) is 38.2 Å². The lowest BCUT2D eigenvalue weighted by Crippen LogP contribution is -2.41. The first-order valence-electron chi connectivity index (χ1n) is 5.67. The molecule has 0 saturated heterocycles. The first-order valence-corrected chi connectivity index (χ1v) is 7.15. The van der Waals surface area contributed by atoms with Crippen molar-refractivity contribution in [2.24, 2.45) is 0 Å². The number of nitrogens with one attached hydrogen (secondary N) is 3. The van der Waals surface area contributed by atoms with Gasteiger partial charge in [0.2, 0.25) is 10.0 Å². The largest absolute Gasteiger partial charge is 0.449 e. The predicted molar refractivity (Wildman–Crippen MR) is 70.3 cm³/mol. The van der Waals surface area contributed by atoms with Crippen LogP contribution in [-0.2, 0) is 14.8 Å². The third-order valence-corrected chi connectivity index (χ3v) is 3.68. The fraction of sp³-hybridized carbons (Fsp3) is 0.273. The zero-order chi connectivity index (χ0) is 15.2. The molecule has 8 nitrogen and oxygen atoms in total. The average Bonchev–Trinajstić information content (AvgIpc) is 2.45. The highest BCUT2D eigenvalue weighted by Gasteiger charge is 2.13. The summed E-state index contributed by atoms with van der Waals surface area (Å²) in [5, 5.41) is 0. The fourth-order valence-electron chi connectivity index (χ4n) is 1.25. The predicted octanol–water partition coefficient (Wildman–Crippen LogP) is -0.0144. The van der Waals surface area contributed by atoms with Crippen LogP contribution in [0.15, 0.2) is 29.2 Å². The molecule has 1 aromatic rings. The fourth-order valence-corrected chi connectivity index (χ4v) is 1.98. The van der Waals surface area contributed by atoms with E-state index in [1.165, 1.54) is 31.3 Å². The lowest BCUT2D eigenvalue weighted by molar-refractivity contribution is 0.0912. The lowest BCUT2D eigenvalue weighted by Gasteiger charge is -2.07. The Bertz CT molecular complexity index is 583. The molecule has 9 heteroatoms. The van der Waals surface area contributed by atoms with Crippen molar-refractivity contribution in [2.75, 3.05) is 13.7 Å². The summed E-state index contributed by atoms with van der Waals surface area (Å²) >= 11 is 0. The molecule has 0 spiro atoms. The number of benzene rings is 1. The van der Waals surface area contributed by atoms with Crippen LogP contribution in [0.2, 0.25) is 0 Å². The van der Waals surface area contributed by atoms with Gasteiger partial charge < -0.3 is 4.74 Å². The number of hydrogen-bond donors (Lipinski definition) is 3. The Morgan fingerprint density at radius 1 is 1.15 bits per heavy atom. The summed E-state index contributed by atoms with van der Waals surface area (Å²) in [7, 11) is -2.25. The highest BCUT2D eigenvalue weighted by Crippen LogP contribution is 2.09. The van der Waals surface area contributed by atoms with Crippen LogP contribution in [0, 0.1) is 0 Å². The highest BCUT2D eigenvalue weighted by molar-refractivity contribution is 7.89. The van der Waals surface area contributed by atoms with Crippen LogP contribution in [-0.4, -0.2) is 34.1 Å². The molecule has 0 saturated carbocycles. The Morgan fingerprint density at radius 2 is 1.75 bits per heavy atom. The van der Waals surface area contributed by atoms with Crippen LogP contribution in [0.3, 0.4) is 0 Å². The van der Waals surface area contributed by atoms with Gasteiger partial charge in [0.15, 0.2) is 0 Å². The van der Waals surface area contributed by atoms with Crippen molar-refractivity contribution in [2.45, 2.75) is 11.8 Å². The van der Waals surface area contributed by atoms with E-state index in [4.69, 9.17) is 0 Å². The molecule has 0 aliphatic rings. The molecule has 110 valence electrons. The summed E-state index contributed by atoms with van der Waals surface area (Å²) in [5.74, 6) is -0.591. The zero-order valence-corrected chi connectivity index (χ0v) is 11.8. The second-order valence-corrected chi connectivity index (χ2v) is 5.42. The van der Waals surface area contributed by atoms with E-state index in [1.807, 2.05) is 5.43 Å². The maximum absolute atomic E-state index is 11.6. The van der Waals surface area contributed by atoms with Crippen molar-refractivity contribution in [1.29, 1.82) is 0 Å². The third-order valence-electron chi connectivity index (χ3n) is 2.25. The Morgan fingerprint density at radius 3 is 2.25 bits per heavy atom. The van der Waals surface area contributed by atoms with Crippen LogP contribution in [0.25, 0.3) is 0 Å². The molecule has 0 radical (unpaired) electrons. The van der Waals surface area contributed by atoms with Gasteiger partial charge in [0.25, 0.3) is 5.91 Å². The molecule has 0 aliphatic carbocycles. The SMILES string of the molecule is CCOC(=O)NNC(=O)c1ccc(S(=O)(=O)NC)cc1. The summed E-state index contributed by atoms with van der Waals surface area (Å²) < 4.78 is 29.7. The summed E-state index contributed by atoms with van der Waals surface area (Å²) in [4.78, 5) is 22.6. The minimum absolute atomic E-state index is 0.0369. The van der Waals surface area contributed by atoms with Crippen molar-refractivity contribution in [3.8, 4) is 0 Å². The number of sulfonamides is 1. The zero-order valence-electron chi connectivity index (χ0n) is 11.0. The first-order chi connectivity index (χ1) is 9.40. The van der Waals surface area contributed by atoms with Gasteiger partial charge in [0.05, 0.1) is 11.5 Å². The monoisotopic (exact) mass is 301 g/mol. The molecule has 0 unspecified atom stereocenters. The van der Waals surface area contributed by atoms with Crippen LogP contribution in [0.1, 0.15) is 17.3 Å². The first kappa shape index (κ1) is 15.9. The van der Waals surface area contributed by atoms with E-state index in [0.29, 0.717) is 0 Å². The quantitative estimate of drug-likeness (QED) is 0.677. The molecule has 0 atom stereocenters. The van der Waals surface area contributed by atoms with Crippen molar-refractivity contribution >= 4 is 22.0 Å². The van der Waals surface area contributed by atoms with Crippen molar-refractivity contribution in [3.05, 3.63) is 29.8 Å². The maximum atomic E-state index is 11.6. The van der Waals surface area contributed by atoms with Crippen molar-refractivity contribution in [3.63, 3.8) is 0 Å². The van der Waals surface area contributed by atoms with Crippen molar-refractivity contribution in [1.82, 2.24) is 15.6 Å². The van der Waals surface area contributed by atoms with Gasteiger partial charge in [-0.1, -0.05) is 0 Å². The molecular formula is C11H15N3O5S. The standard InChI is InChI=1S/C11H15N3O5S/c1-3-19-11(16)14-13-10(15)8-4-6-9(7-5-8)20(17,18)12-2/h4-7,12H,3H2,1-2H3,(H,13,15)(H,14,16). The van der Waals surface area contributed by atoms with E-state index in [9.17, 15) is 18.0 Å². The Kier molecular flexibility index (Phi) is 5.47. The Labute approximate surface area is 116 Å². The molecule has 0 fully saturated rings. The number of hydrogen-bond acceptors (Lipinski definition) is 5. The number of amides is 2. The topological polar surface area (TPSA) is 114 Å². The smallest absolute Gasteiger partial charge is 0.426 e. The van der Waals surface area contributed by atoms with Gasteiger partial charge in [-0.25, -0.2) is 23.4 Å². The van der Waals surface area contributed by atoms with E-state index in [0.717, 1.165) is 0 Å². The van der Waals surface area contributed by atoms with E-state index in [1.54, 1.807) is 6.92 Å². The van der Waals surface area contributed by atoms with E-state index in [2.05, 4.69) is 14.9 Å². The number of rotatable bonds is 4. The van der Waals surface area contributed by atoms with Gasteiger partial charge in [0.1, 0.15) is 0 Å². The summed E-state index contributed by atoms with van der Waals surface area (Å²) in [6, 6.07) is 5.22. The molecular weight excluding hydrogens is 286 g/mol. The number of hydrazine groups is 1. The molecule has 20 heavy (non-hydrogen) atoms. The van der Waals surface area contributed by atoms with Gasteiger partial charge >= 0.3 is 6.09 Å². The molecule has 3 N–H and O–H groups in total. The maximum Gasteiger partial charge on any atom is 0.426 e. The number of ether oxygens (including phenoxy) is 1. The van der Waals surface area contributed by atoms with Gasteiger partial charge in [0, 0.05) is 5.56 Å². The number of carbonyl (C=O) groups is 2. The van der Waals surface area contributed by atoms with Gasteiger partial charge in [-0.15, -0.1) is 0 Å². The normalized spacial score (nSPS) is 10.7. The molecule has 1 rings (SSSR count). The molecule has 0 aromatic heterocycles. The Hall–Kier alpha value is -2.13. The van der Waals surface area contributed by atoms with Crippen LogP contribution >= 0.6 is 0 Å². The summed E-state index contributed by atoms with van der Waals surface area (Å²) in [6.07, 6.45) is -0.782. The summed E-state index contributed by atoms with van der Waals surface area (Å²) in [5.41, 5.74) is 4.37.